The molecular weight excluding hydrogens is 360 g/mol. The minimum Gasteiger partial charge on any atom is -0.497 e. The zero-order valence-electron chi connectivity index (χ0n) is 16.9. The molecule has 0 radical (unpaired) electrons. The highest BCUT2D eigenvalue weighted by molar-refractivity contribution is 5.85. The monoisotopic (exact) mass is 386 g/mol. The molecule has 0 fully saturated rings. The van der Waals surface area contributed by atoms with E-state index in [-0.39, 0.29) is 0 Å². The lowest BCUT2D eigenvalue weighted by atomic mass is 10.1. The first-order valence-electron chi connectivity index (χ1n) is 9.80. The number of hydrogen-bond acceptors (Lipinski definition) is 3. The second-order valence-electron chi connectivity index (χ2n) is 7.10. The van der Waals surface area contributed by atoms with E-state index in [1.54, 1.807) is 14.2 Å². The normalized spacial score (nSPS) is 11.0. The molecule has 0 bridgehead atoms. The van der Waals surface area contributed by atoms with Crippen LogP contribution < -0.4 is 14.8 Å². The fourth-order valence-electron chi connectivity index (χ4n) is 3.61. The molecule has 0 saturated heterocycles. The minimum atomic E-state index is 0.789. The Morgan fingerprint density at radius 3 is 2.21 bits per heavy atom. The SMILES string of the molecule is COc1ccc(CNCc2cn(Cc3ccccc3)c3ccc(OC)cc23)cc1. The summed E-state index contributed by atoms with van der Waals surface area (Å²) in [6, 6.07) is 25.0. The third-order valence-electron chi connectivity index (χ3n) is 5.17. The molecule has 0 spiro atoms. The molecule has 148 valence electrons. The van der Waals surface area contributed by atoms with Gasteiger partial charge in [-0.25, -0.2) is 0 Å². The van der Waals surface area contributed by atoms with Gasteiger partial charge in [0, 0.05) is 36.7 Å². The number of hydrogen-bond donors (Lipinski definition) is 1. The van der Waals surface area contributed by atoms with Crippen molar-refractivity contribution in [1.82, 2.24) is 9.88 Å². The van der Waals surface area contributed by atoms with Gasteiger partial charge in [-0.1, -0.05) is 42.5 Å². The molecular formula is C25H26N2O2. The topological polar surface area (TPSA) is 35.4 Å². The Bertz CT molecular complexity index is 1070. The predicted octanol–water partition coefficient (Wildman–Crippen LogP) is 5.00. The fourth-order valence-corrected chi connectivity index (χ4v) is 3.61. The van der Waals surface area contributed by atoms with Crippen molar-refractivity contribution in [2.24, 2.45) is 0 Å². The van der Waals surface area contributed by atoms with Crippen molar-refractivity contribution in [2.45, 2.75) is 19.6 Å². The van der Waals surface area contributed by atoms with E-state index in [0.29, 0.717) is 0 Å². The summed E-state index contributed by atoms with van der Waals surface area (Å²) >= 11 is 0. The van der Waals surface area contributed by atoms with Gasteiger partial charge in [-0.3, -0.25) is 0 Å². The number of rotatable bonds is 8. The second kappa shape index (κ2) is 8.84. The number of aromatic nitrogens is 1. The van der Waals surface area contributed by atoms with Crippen LogP contribution in [0, 0.1) is 0 Å². The smallest absolute Gasteiger partial charge is 0.119 e. The van der Waals surface area contributed by atoms with E-state index in [0.717, 1.165) is 31.1 Å². The van der Waals surface area contributed by atoms with Crippen LogP contribution >= 0.6 is 0 Å². The van der Waals surface area contributed by atoms with Crippen molar-refractivity contribution in [3.63, 3.8) is 0 Å². The molecule has 29 heavy (non-hydrogen) atoms. The van der Waals surface area contributed by atoms with Crippen molar-refractivity contribution in [3.05, 3.63) is 95.7 Å². The van der Waals surface area contributed by atoms with Crippen LogP contribution in [0.25, 0.3) is 10.9 Å². The van der Waals surface area contributed by atoms with E-state index in [4.69, 9.17) is 9.47 Å². The van der Waals surface area contributed by atoms with Crippen molar-refractivity contribution < 1.29 is 9.47 Å². The van der Waals surface area contributed by atoms with Crippen LogP contribution in [-0.4, -0.2) is 18.8 Å². The number of nitrogens with zero attached hydrogens (tertiary/aromatic N) is 1. The molecule has 3 aromatic carbocycles. The maximum Gasteiger partial charge on any atom is 0.119 e. The number of ether oxygens (including phenoxy) is 2. The van der Waals surface area contributed by atoms with Crippen LogP contribution in [0.15, 0.2) is 79.0 Å². The minimum absolute atomic E-state index is 0.789. The lowest BCUT2D eigenvalue weighted by molar-refractivity contribution is 0.414. The van der Waals surface area contributed by atoms with Crippen LogP contribution in [0.5, 0.6) is 11.5 Å². The zero-order chi connectivity index (χ0) is 20.1. The van der Waals surface area contributed by atoms with E-state index >= 15 is 0 Å². The number of nitrogens with one attached hydrogen (secondary N) is 1. The van der Waals surface area contributed by atoms with E-state index in [2.05, 4.69) is 70.7 Å². The highest BCUT2D eigenvalue weighted by Gasteiger charge is 2.10. The lowest BCUT2D eigenvalue weighted by Gasteiger charge is -2.06. The molecule has 1 heterocycles. The quantitative estimate of drug-likeness (QED) is 0.463. The Morgan fingerprint density at radius 1 is 0.759 bits per heavy atom. The largest absolute Gasteiger partial charge is 0.497 e. The number of fused-ring (bicyclic) bond motifs is 1. The Kier molecular flexibility index (Phi) is 5.82. The molecule has 0 atom stereocenters. The number of methoxy groups -OCH3 is 2. The van der Waals surface area contributed by atoms with E-state index in [1.165, 1.54) is 27.6 Å². The second-order valence-corrected chi connectivity index (χ2v) is 7.10. The number of benzene rings is 3. The van der Waals surface area contributed by atoms with Crippen LogP contribution in [0.1, 0.15) is 16.7 Å². The summed E-state index contributed by atoms with van der Waals surface area (Å²) in [4.78, 5) is 0. The van der Waals surface area contributed by atoms with Crippen molar-refractivity contribution in [2.75, 3.05) is 14.2 Å². The molecule has 4 nitrogen and oxygen atoms in total. The van der Waals surface area contributed by atoms with Crippen molar-refractivity contribution in [1.29, 1.82) is 0 Å². The average molecular weight is 386 g/mol. The van der Waals surface area contributed by atoms with Gasteiger partial charge < -0.3 is 19.4 Å². The van der Waals surface area contributed by atoms with Gasteiger partial charge in [-0.2, -0.15) is 0 Å². The third-order valence-corrected chi connectivity index (χ3v) is 5.17. The maximum atomic E-state index is 5.46. The van der Waals surface area contributed by atoms with Gasteiger partial charge in [0.15, 0.2) is 0 Å². The van der Waals surface area contributed by atoms with Crippen LogP contribution in [0.2, 0.25) is 0 Å². The first kappa shape index (κ1) is 19.1. The third kappa shape index (κ3) is 4.44. The lowest BCUT2D eigenvalue weighted by Crippen LogP contribution is -2.12. The Balaban J connectivity index is 1.55. The summed E-state index contributed by atoms with van der Waals surface area (Å²) < 4.78 is 13.0. The van der Waals surface area contributed by atoms with Crippen LogP contribution in [0.3, 0.4) is 0 Å². The summed E-state index contributed by atoms with van der Waals surface area (Å²) in [5, 5.41) is 4.79. The summed E-state index contributed by atoms with van der Waals surface area (Å²) in [6.45, 7) is 2.44. The molecule has 1 N–H and O–H groups in total. The molecule has 0 aliphatic rings. The summed E-state index contributed by atoms with van der Waals surface area (Å²) in [6.07, 6.45) is 2.25. The van der Waals surface area contributed by atoms with Crippen LogP contribution in [-0.2, 0) is 19.6 Å². The molecule has 0 unspecified atom stereocenters. The first-order chi connectivity index (χ1) is 14.3. The van der Waals surface area contributed by atoms with Gasteiger partial charge in [-0.05, 0) is 47.0 Å². The van der Waals surface area contributed by atoms with Gasteiger partial charge >= 0.3 is 0 Å². The summed E-state index contributed by atoms with van der Waals surface area (Å²) in [7, 11) is 3.40. The van der Waals surface area contributed by atoms with E-state index < -0.39 is 0 Å². The predicted molar refractivity (Wildman–Crippen MR) is 118 cm³/mol. The van der Waals surface area contributed by atoms with E-state index in [1.807, 2.05) is 18.2 Å². The molecule has 4 rings (SSSR count). The van der Waals surface area contributed by atoms with Gasteiger partial charge in [0.1, 0.15) is 11.5 Å². The molecule has 4 aromatic rings. The van der Waals surface area contributed by atoms with Gasteiger partial charge in [-0.15, -0.1) is 0 Å². The van der Waals surface area contributed by atoms with Gasteiger partial charge in [0.2, 0.25) is 0 Å². The highest BCUT2D eigenvalue weighted by atomic mass is 16.5. The first-order valence-corrected chi connectivity index (χ1v) is 9.80. The molecule has 0 amide bonds. The molecule has 4 heteroatoms. The van der Waals surface area contributed by atoms with Gasteiger partial charge in [0.25, 0.3) is 0 Å². The van der Waals surface area contributed by atoms with Crippen molar-refractivity contribution >= 4 is 10.9 Å². The standard InChI is InChI=1S/C25H26N2O2/c1-28-22-10-8-19(9-11-22)15-26-16-21-18-27(17-20-6-4-3-5-7-20)25-13-12-23(29-2)14-24(21)25/h3-14,18,26H,15-17H2,1-2H3. The Labute approximate surface area is 171 Å². The van der Waals surface area contributed by atoms with Gasteiger partial charge in [0.05, 0.1) is 14.2 Å². The Morgan fingerprint density at radius 2 is 1.48 bits per heavy atom. The van der Waals surface area contributed by atoms with Crippen molar-refractivity contribution in [3.8, 4) is 11.5 Å². The fraction of sp³-hybridized carbons (Fsp3) is 0.200. The highest BCUT2D eigenvalue weighted by Crippen LogP contribution is 2.27. The maximum absolute atomic E-state index is 5.46. The molecule has 1 aromatic heterocycles. The molecule has 0 saturated carbocycles. The average Bonchev–Trinajstić information content (AvgIpc) is 3.11. The van der Waals surface area contributed by atoms with E-state index in [9.17, 15) is 0 Å². The van der Waals surface area contributed by atoms with Crippen LogP contribution in [0.4, 0.5) is 0 Å². The molecule has 0 aliphatic heterocycles. The zero-order valence-corrected chi connectivity index (χ0v) is 16.9. The summed E-state index contributed by atoms with van der Waals surface area (Å²) in [5.41, 5.74) is 5.01. The Hall–Kier alpha value is -3.24. The summed E-state index contributed by atoms with van der Waals surface area (Å²) in [5.74, 6) is 1.76. The molecule has 0 aliphatic carbocycles.